The summed E-state index contributed by atoms with van der Waals surface area (Å²) in [5.74, 6) is 0.541. The Morgan fingerprint density at radius 3 is 2.74 bits per heavy atom. The third kappa shape index (κ3) is 4.86. The quantitative estimate of drug-likeness (QED) is 0.825. The van der Waals surface area contributed by atoms with E-state index in [1.807, 2.05) is 36.4 Å². The summed E-state index contributed by atoms with van der Waals surface area (Å²) in [6, 6.07) is 11.3. The normalized spacial score (nSPS) is 9.95. The monoisotopic (exact) mass is 368 g/mol. The van der Waals surface area contributed by atoms with Gasteiger partial charge in [-0.15, -0.1) is 0 Å². The van der Waals surface area contributed by atoms with Crippen molar-refractivity contribution in [2.45, 2.75) is 6.54 Å². The van der Waals surface area contributed by atoms with E-state index in [0.29, 0.717) is 12.3 Å². The van der Waals surface area contributed by atoms with Gasteiger partial charge < -0.3 is 10.1 Å². The van der Waals surface area contributed by atoms with E-state index >= 15 is 0 Å². The van der Waals surface area contributed by atoms with E-state index in [1.165, 1.54) is 0 Å². The molecule has 0 aliphatic carbocycles. The number of carbonyl (C=O) groups is 1. The number of halogens is 1. The van der Waals surface area contributed by atoms with Crippen LogP contribution in [0, 0.1) is 3.57 Å². The molecule has 2 aromatic rings. The molecule has 0 saturated carbocycles. The number of hydrogen-bond donors (Lipinski definition) is 1. The minimum Gasteiger partial charge on any atom is -0.484 e. The van der Waals surface area contributed by atoms with Gasteiger partial charge in [0.05, 0.1) is 0 Å². The van der Waals surface area contributed by atoms with E-state index in [2.05, 4.69) is 32.9 Å². The van der Waals surface area contributed by atoms with E-state index in [0.717, 1.165) is 9.13 Å². The van der Waals surface area contributed by atoms with Crippen molar-refractivity contribution in [3.8, 4) is 5.75 Å². The van der Waals surface area contributed by atoms with Crippen LogP contribution in [-0.4, -0.2) is 17.5 Å². The van der Waals surface area contributed by atoms with Gasteiger partial charge in [0.2, 0.25) is 0 Å². The Balaban J connectivity index is 1.74. The Labute approximate surface area is 125 Å². The summed E-state index contributed by atoms with van der Waals surface area (Å²) in [6.07, 6.45) is 3.42. The average Bonchev–Trinajstić information content (AvgIpc) is 2.45. The first kappa shape index (κ1) is 13.8. The van der Waals surface area contributed by atoms with Crippen LogP contribution in [0.5, 0.6) is 5.75 Å². The van der Waals surface area contributed by atoms with Gasteiger partial charge in [-0.2, -0.15) is 0 Å². The fraction of sp³-hybridized carbons (Fsp3) is 0.143. The number of aromatic nitrogens is 1. The predicted molar refractivity (Wildman–Crippen MR) is 80.7 cm³/mol. The number of carbonyl (C=O) groups excluding carboxylic acids is 1. The van der Waals surface area contributed by atoms with Gasteiger partial charge >= 0.3 is 0 Å². The molecule has 0 spiro atoms. The topological polar surface area (TPSA) is 51.2 Å². The molecule has 2 rings (SSSR count). The molecule has 19 heavy (non-hydrogen) atoms. The van der Waals surface area contributed by atoms with Crippen molar-refractivity contribution >= 4 is 28.5 Å². The Bertz CT molecular complexity index is 529. The number of nitrogens with one attached hydrogen (secondary N) is 1. The largest absolute Gasteiger partial charge is 0.484 e. The lowest BCUT2D eigenvalue weighted by molar-refractivity contribution is -0.123. The first-order chi connectivity index (χ1) is 9.24. The maximum Gasteiger partial charge on any atom is 0.258 e. The molecule has 5 heteroatoms. The van der Waals surface area contributed by atoms with Gasteiger partial charge in [0, 0.05) is 22.5 Å². The average molecular weight is 368 g/mol. The SMILES string of the molecule is O=C(COc1ccc(I)cc1)NCc1cccnc1. The minimum absolute atomic E-state index is 0.0147. The van der Waals surface area contributed by atoms with Crippen LogP contribution in [-0.2, 0) is 11.3 Å². The Morgan fingerprint density at radius 2 is 2.05 bits per heavy atom. The van der Waals surface area contributed by atoms with Gasteiger partial charge in [0.15, 0.2) is 6.61 Å². The third-order valence-electron chi connectivity index (χ3n) is 2.40. The van der Waals surface area contributed by atoms with Crippen molar-refractivity contribution in [1.29, 1.82) is 0 Å². The zero-order valence-corrected chi connectivity index (χ0v) is 12.3. The second-order valence-corrected chi connectivity index (χ2v) is 5.13. The van der Waals surface area contributed by atoms with Crippen LogP contribution < -0.4 is 10.1 Å². The summed E-state index contributed by atoms with van der Waals surface area (Å²) < 4.78 is 6.51. The summed E-state index contributed by atoms with van der Waals surface area (Å²) in [4.78, 5) is 15.6. The maximum absolute atomic E-state index is 11.6. The van der Waals surface area contributed by atoms with Crippen LogP contribution >= 0.6 is 22.6 Å². The van der Waals surface area contributed by atoms with Crippen LogP contribution in [0.1, 0.15) is 5.56 Å². The first-order valence-corrected chi connectivity index (χ1v) is 6.86. The highest BCUT2D eigenvalue weighted by molar-refractivity contribution is 14.1. The second kappa shape index (κ2) is 7.08. The molecular formula is C14H13IN2O2. The smallest absolute Gasteiger partial charge is 0.258 e. The number of hydrogen-bond acceptors (Lipinski definition) is 3. The number of amides is 1. The molecule has 1 heterocycles. The molecule has 0 fully saturated rings. The predicted octanol–water partition coefficient (Wildman–Crippen LogP) is 2.38. The fourth-order valence-electron chi connectivity index (χ4n) is 1.43. The molecule has 1 amide bonds. The Hall–Kier alpha value is -1.63. The molecule has 4 nitrogen and oxygen atoms in total. The van der Waals surface area contributed by atoms with Gasteiger partial charge in [0.25, 0.3) is 5.91 Å². The first-order valence-electron chi connectivity index (χ1n) is 5.78. The van der Waals surface area contributed by atoms with E-state index in [4.69, 9.17) is 4.74 Å². The number of ether oxygens (including phenoxy) is 1. The molecule has 0 aliphatic heterocycles. The molecule has 0 saturated heterocycles. The molecule has 0 bridgehead atoms. The summed E-state index contributed by atoms with van der Waals surface area (Å²) in [6.45, 7) is 0.476. The van der Waals surface area contributed by atoms with Crippen molar-refractivity contribution in [2.24, 2.45) is 0 Å². The fourth-order valence-corrected chi connectivity index (χ4v) is 1.79. The molecule has 98 valence electrons. The zero-order chi connectivity index (χ0) is 13.5. The molecule has 1 N–H and O–H groups in total. The summed E-state index contributed by atoms with van der Waals surface area (Å²) in [5, 5.41) is 2.78. The van der Waals surface area contributed by atoms with Crippen molar-refractivity contribution in [2.75, 3.05) is 6.61 Å². The van der Waals surface area contributed by atoms with Gasteiger partial charge in [-0.3, -0.25) is 9.78 Å². The molecular weight excluding hydrogens is 355 g/mol. The van der Waals surface area contributed by atoms with Crippen molar-refractivity contribution in [3.05, 3.63) is 57.9 Å². The molecule has 0 aliphatic rings. The maximum atomic E-state index is 11.6. The van der Waals surface area contributed by atoms with Crippen LogP contribution in [0.25, 0.3) is 0 Å². The van der Waals surface area contributed by atoms with E-state index in [9.17, 15) is 4.79 Å². The van der Waals surface area contributed by atoms with Gasteiger partial charge in [0.1, 0.15) is 5.75 Å². The second-order valence-electron chi connectivity index (χ2n) is 3.88. The molecule has 0 atom stereocenters. The van der Waals surface area contributed by atoms with Crippen molar-refractivity contribution in [3.63, 3.8) is 0 Å². The molecule has 0 unspecified atom stereocenters. The van der Waals surface area contributed by atoms with Gasteiger partial charge in [-0.05, 0) is 58.5 Å². The van der Waals surface area contributed by atoms with Crippen molar-refractivity contribution in [1.82, 2.24) is 10.3 Å². The van der Waals surface area contributed by atoms with Gasteiger partial charge in [-0.1, -0.05) is 6.07 Å². The number of benzene rings is 1. The van der Waals surface area contributed by atoms with E-state index in [1.54, 1.807) is 12.4 Å². The minimum atomic E-state index is -0.151. The van der Waals surface area contributed by atoms with E-state index < -0.39 is 0 Å². The lowest BCUT2D eigenvalue weighted by Crippen LogP contribution is -2.28. The lowest BCUT2D eigenvalue weighted by Gasteiger charge is -2.07. The van der Waals surface area contributed by atoms with Crippen LogP contribution in [0.2, 0.25) is 0 Å². The lowest BCUT2D eigenvalue weighted by atomic mass is 10.3. The van der Waals surface area contributed by atoms with Crippen LogP contribution in [0.3, 0.4) is 0 Å². The Kier molecular flexibility index (Phi) is 5.14. The highest BCUT2D eigenvalue weighted by Crippen LogP contribution is 2.13. The van der Waals surface area contributed by atoms with Crippen LogP contribution in [0.4, 0.5) is 0 Å². The van der Waals surface area contributed by atoms with Gasteiger partial charge in [-0.25, -0.2) is 0 Å². The molecule has 1 aromatic carbocycles. The molecule has 0 radical (unpaired) electrons. The van der Waals surface area contributed by atoms with E-state index in [-0.39, 0.29) is 12.5 Å². The molecule has 1 aromatic heterocycles. The number of nitrogens with zero attached hydrogens (tertiary/aromatic N) is 1. The number of rotatable bonds is 5. The van der Waals surface area contributed by atoms with Crippen LogP contribution in [0.15, 0.2) is 48.8 Å². The highest BCUT2D eigenvalue weighted by atomic mass is 127. The standard InChI is InChI=1S/C14H13IN2O2/c15-12-3-5-13(6-4-12)19-10-14(18)17-9-11-2-1-7-16-8-11/h1-8H,9-10H2,(H,17,18). The van der Waals surface area contributed by atoms with Crippen molar-refractivity contribution < 1.29 is 9.53 Å². The third-order valence-corrected chi connectivity index (χ3v) is 3.12. The summed E-state index contributed by atoms with van der Waals surface area (Å²) >= 11 is 2.22. The highest BCUT2D eigenvalue weighted by Gasteiger charge is 2.02. The summed E-state index contributed by atoms with van der Waals surface area (Å²) in [7, 11) is 0. The Morgan fingerprint density at radius 1 is 1.26 bits per heavy atom. The zero-order valence-electron chi connectivity index (χ0n) is 10.2. The summed E-state index contributed by atoms with van der Waals surface area (Å²) in [5.41, 5.74) is 0.963. The number of pyridine rings is 1.